The van der Waals surface area contributed by atoms with Gasteiger partial charge in [-0.05, 0) is 37.0 Å². The minimum atomic E-state index is -0.295. The maximum absolute atomic E-state index is 12.2. The van der Waals surface area contributed by atoms with E-state index in [2.05, 4.69) is 32.9 Å². The summed E-state index contributed by atoms with van der Waals surface area (Å²) in [5.74, 6) is 3.30. The Hall–Kier alpha value is -1.70. The molecule has 0 heterocycles. The number of hydrogen-bond acceptors (Lipinski definition) is 2. The van der Waals surface area contributed by atoms with Gasteiger partial charge in [-0.3, -0.25) is 0 Å². The smallest absolute Gasteiger partial charge is 0.414 e. The third-order valence-electron chi connectivity index (χ3n) is 4.53. The fraction of sp³-hybridized carbons (Fsp3) is 0.571. The molecule has 1 unspecified atom stereocenters. The average molecular weight is 381 g/mol. The number of ether oxygens (including phenoxy) is 1. The van der Waals surface area contributed by atoms with E-state index in [9.17, 15) is 4.79 Å². The van der Waals surface area contributed by atoms with Crippen LogP contribution in [0.2, 0.25) is 0 Å². The van der Waals surface area contributed by atoms with Gasteiger partial charge in [-0.2, -0.15) is 0 Å². The van der Waals surface area contributed by atoms with Gasteiger partial charge in [-0.1, -0.05) is 38.3 Å². The van der Waals surface area contributed by atoms with Gasteiger partial charge in [0.25, 0.3) is 0 Å². The molecule has 0 fully saturated rings. The predicted octanol–water partition coefficient (Wildman–Crippen LogP) is -0.220. The molecule has 146 valence electrons. The number of amides is 1. The first-order chi connectivity index (χ1) is 12.0. The monoisotopic (exact) mass is 380 g/mol. The number of hydrogen-bond donors (Lipinski definition) is 1. The van der Waals surface area contributed by atoms with Gasteiger partial charge in [0.15, 0.2) is 0 Å². The number of nitrogens with zero attached hydrogens (tertiary/aromatic N) is 1. The normalized spacial score (nSPS) is 12.4. The molecule has 0 spiro atoms. The van der Waals surface area contributed by atoms with Gasteiger partial charge in [0.2, 0.25) is 0 Å². The van der Waals surface area contributed by atoms with E-state index in [1.165, 1.54) is 17.7 Å². The highest BCUT2D eigenvalue weighted by Crippen LogP contribution is 2.15. The number of carbonyl (C=O) groups excluding carboxylic acids is 1. The number of carbonyl (C=O) groups is 1. The van der Waals surface area contributed by atoms with Crippen molar-refractivity contribution in [3.63, 3.8) is 0 Å². The van der Waals surface area contributed by atoms with E-state index < -0.39 is 0 Å². The van der Waals surface area contributed by atoms with Gasteiger partial charge in [-0.25, -0.2) is 4.79 Å². The first kappa shape index (κ1) is 24.3. The van der Waals surface area contributed by atoms with E-state index in [1.807, 2.05) is 18.2 Å². The molecule has 0 aliphatic carbocycles. The zero-order valence-corrected chi connectivity index (χ0v) is 17.3. The van der Waals surface area contributed by atoms with E-state index in [0.717, 1.165) is 31.4 Å². The van der Waals surface area contributed by atoms with Crippen LogP contribution in [0.4, 0.5) is 4.79 Å². The van der Waals surface area contributed by atoms with Crippen LogP contribution >= 0.6 is 0 Å². The number of rotatable bonds is 10. The van der Waals surface area contributed by atoms with Crippen LogP contribution in [0.5, 0.6) is 5.75 Å². The summed E-state index contributed by atoms with van der Waals surface area (Å²) in [6, 6.07) is 8.17. The molecular formula is C21H33ClN2O2. The maximum Gasteiger partial charge on any atom is 0.414 e. The molecule has 0 saturated heterocycles. The Bertz CT molecular complexity index is 571. The Morgan fingerprint density at radius 3 is 2.73 bits per heavy atom. The van der Waals surface area contributed by atoms with Crippen molar-refractivity contribution in [1.29, 1.82) is 0 Å². The van der Waals surface area contributed by atoms with Crippen molar-refractivity contribution < 1.29 is 26.8 Å². The van der Waals surface area contributed by atoms with Gasteiger partial charge in [0.1, 0.15) is 12.3 Å². The SMILES string of the molecule is C#CC[NH+](C)[C@@H](C)Cc1cccc(OC(=O)N(C)CCCCCC)c1.[Cl-]. The van der Waals surface area contributed by atoms with Gasteiger partial charge >= 0.3 is 6.09 Å². The average Bonchev–Trinajstić information content (AvgIpc) is 2.59. The summed E-state index contributed by atoms with van der Waals surface area (Å²) >= 11 is 0. The second-order valence-electron chi connectivity index (χ2n) is 6.83. The highest BCUT2D eigenvalue weighted by atomic mass is 35.5. The van der Waals surface area contributed by atoms with Crippen LogP contribution in [0.15, 0.2) is 24.3 Å². The van der Waals surface area contributed by atoms with Crippen LogP contribution < -0.4 is 22.0 Å². The molecule has 0 bridgehead atoms. The molecule has 26 heavy (non-hydrogen) atoms. The van der Waals surface area contributed by atoms with Crippen LogP contribution in [0.1, 0.15) is 45.1 Å². The lowest BCUT2D eigenvalue weighted by atomic mass is 10.1. The van der Waals surface area contributed by atoms with Gasteiger partial charge < -0.3 is 26.9 Å². The molecule has 1 amide bonds. The summed E-state index contributed by atoms with van der Waals surface area (Å²) in [5, 5.41) is 0. The molecule has 0 aliphatic rings. The Labute approximate surface area is 165 Å². The minimum absolute atomic E-state index is 0. The van der Waals surface area contributed by atoms with E-state index >= 15 is 0 Å². The number of terminal acetylenes is 1. The van der Waals surface area contributed by atoms with Crippen molar-refractivity contribution in [2.75, 3.05) is 27.2 Å². The number of quaternary nitrogens is 1. The molecule has 1 N–H and O–H groups in total. The summed E-state index contributed by atoms with van der Waals surface area (Å²) in [7, 11) is 3.89. The topological polar surface area (TPSA) is 34.0 Å². The highest BCUT2D eigenvalue weighted by molar-refractivity contribution is 5.70. The van der Waals surface area contributed by atoms with Crippen LogP contribution in [0, 0.1) is 12.3 Å². The molecular weight excluding hydrogens is 348 g/mol. The number of halogens is 1. The first-order valence-corrected chi connectivity index (χ1v) is 9.25. The second kappa shape index (κ2) is 13.5. The molecule has 2 atom stereocenters. The molecule has 1 rings (SSSR count). The Balaban J connectivity index is 0.00000625. The lowest BCUT2D eigenvalue weighted by Crippen LogP contribution is -3.12. The molecule has 1 aromatic carbocycles. The Morgan fingerprint density at radius 2 is 2.08 bits per heavy atom. The van der Waals surface area contributed by atoms with E-state index in [1.54, 1.807) is 11.9 Å². The number of benzene rings is 1. The summed E-state index contributed by atoms with van der Waals surface area (Å²) in [6.07, 6.45) is 10.5. The van der Waals surface area contributed by atoms with Crippen molar-refractivity contribution in [2.45, 2.75) is 52.0 Å². The predicted molar refractivity (Wildman–Crippen MR) is 103 cm³/mol. The third-order valence-corrected chi connectivity index (χ3v) is 4.53. The van der Waals surface area contributed by atoms with Gasteiger partial charge in [-0.15, -0.1) is 6.42 Å². The standard InChI is InChI=1S/C21H32N2O2.ClH/c1-6-8-9-10-15-23(5)21(24)25-20-13-11-12-19(17-20)16-18(3)22(4)14-7-2;/h2,11-13,17-18H,6,8-10,14-16H2,1,3-5H3;1H/t18-;/m0./s1. The fourth-order valence-electron chi connectivity index (χ4n) is 2.64. The number of likely N-dealkylation sites (N-methyl/N-ethyl adjacent to an activating group) is 1. The Kier molecular flexibility index (Phi) is 12.6. The molecule has 0 aliphatic heterocycles. The molecule has 1 aromatic rings. The molecule has 0 radical (unpaired) electrons. The van der Waals surface area contributed by atoms with Crippen molar-refractivity contribution in [3.05, 3.63) is 29.8 Å². The Morgan fingerprint density at radius 1 is 1.35 bits per heavy atom. The fourth-order valence-corrected chi connectivity index (χ4v) is 2.64. The van der Waals surface area contributed by atoms with Crippen LogP contribution in [0.3, 0.4) is 0 Å². The summed E-state index contributed by atoms with van der Waals surface area (Å²) < 4.78 is 5.51. The quantitative estimate of drug-likeness (QED) is 0.450. The van der Waals surface area contributed by atoms with Crippen molar-refractivity contribution in [1.82, 2.24) is 4.90 Å². The lowest BCUT2D eigenvalue weighted by molar-refractivity contribution is -0.896. The van der Waals surface area contributed by atoms with Crippen LogP contribution in [-0.2, 0) is 6.42 Å². The third kappa shape index (κ3) is 9.12. The van der Waals surface area contributed by atoms with E-state index in [0.29, 0.717) is 18.3 Å². The summed E-state index contributed by atoms with van der Waals surface area (Å²) in [4.78, 5) is 15.1. The van der Waals surface area contributed by atoms with Gasteiger partial charge in [0, 0.05) is 20.0 Å². The zero-order valence-electron chi connectivity index (χ0n) is 16.6. The molecule has 4 nitrogen and oxygen atoms in total. The molecule has 0 aromatic heterocycles. The van der Waals surface area contributed by atoms with E-state index in [4.69, 9.17) is 11.2 Å². The minimum Gasteiger partial charge on any atom is -1.00 e. The van der Waals surface area contributed by atoms with Crippen LogP contribution in [0.25, 0.3) is 0 Å². The second-order valence-corrected chi connectivity index (χ2v) is 6.83. The number of unbranched alkanes of at least 4 members (excludes halogenated alkanes) is 3. The molecule has 5 heteroatoms. The zero-order chi connectivity index (χ0) is 18.7. The first-order valence-electron chi connectivity index (χ1n) is 9.25. The maximum atomic E-state index is 12.2. The van der Waals surface area contributed by atoms with Crippen LogP contribution in [-0.4, -0.2) is 44.2 Å². The van der Waals surface area contributed by atoms with Gasteiger partial charge in [0.05, 0.1) is 13.1 Å². The van der Waals surface area contributed by atoms with E-state index in [-0.39, 0.29) is 18.5 Å². The highest BCUT2D eigenvalue weighted by Gasteiger charge is 2.14. The van der Waals surface area contributed by atoms with Crippen molar-refractivity contribution >= 4 is 6.09 Å². The molecule has 0 saturated carbocycles. The number of nitrogens with one attached hydrogen (secondary N) is 1. The summed E-state index contributed by atoms with van der Waals surface area (Å²) in [5.41, 5.74) is 1.15. The van der Waals surface area contributed by atoms with Crippen molar-refractivity contribution in [3.8, 4) is 18.1 Å². The van der Waals surface area contributed by atoms with Crippen molar-refractivity contribution in [2.24, 2.45) is 0 Å². The lowest BCUT2D eigenvalue weighted by Gasteiger charge is -2.20. The largest absolute Gasteiger partial charge is 1.00 e. The summed E-state index contributed by atoms with van der Waals surface area (Å²) in [6.45, 7) is 5.79.